The van der Waals surface area contributed by atoms with Crippen molar-refractivity contribution in [1.29, 1.82) is 0 Å². The van der Waals surface area contributed by atoms with Gasteiger partial charge in [-0.25, -0.2) is 4.79 Å². The fraction of sp³-hybridized carbons (Fsp3) is 0. The normalized spacial score (nSPS) is 10.8. The smallest absolute Gasteiger partial charge is 0.344 e. The molecule has 128 valence electrons. The maximum atomic E-state index is 12.9. The summed E-state index contributed by atoms with van der Waals surface area (Å²) in [6.45, 7) is 0. The fourth-order valence-electron chi connectivity index (χ4n) is 2.56. The zero-order valence-electron chi connectivity index (χ0n) is 13.3. The van der Waals surface area contributed by atoms with Gasteiger partial charge in [-0.1, -0.05) is 24.3 Å². The molecule has 0 radical (unpaired) electrons. The third kappa shape index (κ3) is 2.92. The summed E-state index contributed by atoms with van der Waals surface area (Å²) < 4.78 is 17.3. The average molecular weight is 458 g/mol. The van der Waals surface area contributed by atoms with E-state index in [9.17, 15) is 9.59 Å². The standard InChI is InChI=1S/C20H11IO5/c21-14-8-3-1-6-12(14)20(23)26-19-17(22)13-7-2-4-9-15(13)25-18(19)16-10-5-11-24-16/h1-11H. The van der Waals surface area contributed by atoms with Crippen LogP contribution in [0.3, 0.4) is 0 Å². The number of para-hydroxylation sites is 1. The van der Waals surface area contributed by atoms with Crippen LogP contribution in [0.5, 0.6) is 5.75 Å². The number of rotatable bonds is 3. The first-order valence-electron chi connectivity index (χ1n) is 7.71. The molecule has 0 spiro atoms. The Bertz CT molecular complexity index is 1160. The van der Waals surface area contributed by atoms with Crippen LogP contribution < -0.4 is 10.2 Å². The zero-order valence-corrected chi connectivity index (χ0v) is 15.4. The maximum absolute atomic E-state index is 12.9. The van der Waals surface area contributed by atoms with Crippen molar-refractivity contribution in [3.05, 3.63) is 86.3 Å². The molecule has 0 bridgehead atoms. The van der Waals surface area contributed by atoms with Gasteiger partial charge in [0.05, 0.1) is 17.2 Å². The van der Waals surface area contributed by atoms with E-state index in [-0.39, 0.29) is 11.5 Å². The molecule has 5 nitrogen and oxygen atoms in total. The number of halogens is 1. The van der Waals surface area contributed by atoms with Crippen LogP contribution in [0.2, 0.25) is 0 Å². The quantitative estimate of drug-likeness (QED) is 0.324. The van der Waals surface area contributed by atoms with Crippen LogP contribution in [0.1, 0.15) is 10.4 Å². The van der Waals surface area contributed by atoms with Crippen molar-refractivity contribution in [3.63, 3.8) is 0 Å². The molecule has 0 saturated heterocycles. The van der Waals surface area contributed by atoms with E-state index in [0.29, 0.717) is 22.3 Å². The van der Waals surface area contributed by atoms with E-state index in [4.69, 9.17) is 13.6 Å². The first kappa shape index (κ1) is 16.6. The molecule has 0 amide bonds. The number of fused-ring (bicyclic) bond motifs is 1. The molecule has 0 saturated carbocycles. The molecule has 4 rings (SSSR count). The minimum atomic E-state index is -0.634. The van der Waals surface area contributed by atoms with Gasteiger partial charge in [-0.3, -0.25) is 4.79 Å². The van der Waals surface area contributed by atoms with E-state index in [2.05, 4.69) is 0 Å². The van der Waals surface area contributed by atoms with Crippen LogP contribution in [0, 0.1) is 3.57 Å². The lowest BCUT2D eigenvalue weighted by molar-refractivity contribution is 0.0730. The lowest BCUT2D eigenvalue weighted by atomic mass is 10.2. The third-order valence-electron chi connectivity index (χ3n) is 3.79. The van der Waals surface area contributed by atoms with E-state index in [0.717, 1.165) is 3.57 Å². The molecule has 0 aliphatic heterocycles. The van der Waals surface area contributed by atoms with Gasteiger partial charge in [0.2, 0.25) is 16.9 Å². The van der Waals surface area contributed by atoms with Crippen LogP contribution in [0.15, 0.2) is 80.6 Å². The second-order valence-electron chi connectivity index (χ2n) is 5.43. The predicted molar refractivity (Wildman–Crippen MR) is 104 cm³/mol. The molecule has 4 aromatic rings. The van der Waals surface area contributed by atoms with Gasteiger partial charge in [-0.15, -0.1) is 0 Å². The van der Waals surface area contributed by atoms with Crippen molar-refractivity contribution < 1.29 is 18.4 Å². The number of carbonyl (C=O) groups excluding carboxylic acids is 1. The Balaban J connectivity index is 1.89. The van der Waals surface area contributed by atoms with Crippen molar-refractivity contribution in [2.75, 3.05) is 0 Å². The Morgan fingerprint density at radius 1 is 0.962 bits per heavy atom. The highest BCUT2D eigenvalue weighted by Crippen LogP contribution is 2.31. The van der Waals surface area contributed by atoms with Gasteiger partial charge in [0.25, 0.3) is 0 Å². The van der Waals surface area contributed by atoms with E-state index < -0.39 is 11.4 Å². The highest BCUT2D eigenvalue weighted by Gasteiger charge is 2.23. The molecule has 2 aromatic heterocycles. The fourth-order valence-corrected chi connectivity index (χ4v) is 3.17. The number of benzene rings is 2. The van der Waals surface area contributed by atoms with Crippen molar-refractivity contribution in [2.45, 2.75) is 0 Å². The summed E-state index contributed by atoms with van der Waals surface area (Å²) in [5.41, 5.74) is 0.321. The van der Waals surface area contributed by atoms with Gasteiger partial charge in [-0.2, -0.15) is 0 Å². The number of ether oxygens (including phenoxy) is 1. The second kappa shape index (κ2) is 6.80. The van der Waals surface area contributed by atoms with Gasteiger partial charge < -0.3 is 13.6 Å². The van der Waals surface area contributed by atoms with E-state index in [1.165, 1.54) is 6.26 Å². The van der Waals surface area contributed by atoms with Crippen LogP contribution in [-0.4, -0.2) is 5.97 Å². The Morgan fingerprint density at radius 2 is 1.73 bits per heavy atom. The number of hydrogen-bond donors (Lipinski definition) is 0. The molecule has 0 aliphatic carbocycles. The molecule has 0 N–H and O–H groups in total. The lowest BCUT2D eigenvalue weighted by Crippen LogP contribution is -2.17. The highest BCUT2D eigenvalue weighted by atomic mass is 127. The van der Waals surface area contributed by atoms with Crippen LogP contribution in [0.25, 0.3) is 22.5 Å². The van der Waals surface area contributed by atoms with Gasteiger partial charge in [-0.05, 0) is 59.0 Å². The van der Waals surface area contributed by atoms with E-state index >= 15 is 0 Å². The molecule has 6 heteroatoms. The maximum Gasteiger partial charge on any atom is 0.344 e. The molecule has 2 aromatic carbocycles. The number of hydrogen-bond acceptors (Lipinski definition) is 5. The molecule has 0 atom stereocenters. The molecule has 0 unspecified atom stereocenters. The molecule has 0 fully saturated rings. The summed E-state index contributed by atoms with van der Waals surface area (Å²) in [5.74, 6) is -0.440. The Morgan fingerprint density at radius 3 is 2.50 bits per heavy atom. The van der Waals surface area contributed by atoms with Gasteiger partial charge in [0, 0.05) is 3.57 Å². The van der Waals surface area contributed by atoms with Gasteiger partial charge >= 0.3 is 5.97 Å². The van der Waals surface area contributed by atoms with Crippen molar-refractivity contribution in [1.82, 2.24) is 0 Å². The number of esters is 1. The summed E-state index contributed by atoms with van der Waals surface area (Å²) in [5, 5.41) is 0.327. The van der Waals surface area contributed by atoms with Crippen molar-refractivity contribution in [3.8, 4) is 17.3 Å². The molecule has 0 aliphatic rings. The Hall–Kier alpha value is -2.87. The van der Waals surface area contributed by atoms with Gasteiger partial charge in [0.15, 0.2) is 5.76 Å². The second-order valence-corrected chi connectivity index (χ2v) is 6.59. The molecular formula is C20H11IO5. The number of furan rings is 1. The Kier molecular flexibility index (Phi) is 4.34. The molecular weight excluding hydrogens is 447 g/mol. The summed E-state index contributed by atoms with van der Waals surface area (Å²) in [6, 6.07) is 17.0. The van der Waals surface area contributed by atoms with Gasteiger partial charge in [0.1, 0.15) is 5.58 Å². The molecule has 2 heterocycles. The summed E-state index contributed by atoms with van der Waals surface area (Å²) in [4.78, 5) is 25.5. The third-order valence-corrected chi connectivity index (χ3v) is 4.73. The first-order valence-corrected chi connectivity index (χ1v) is 8.79. The summed E-state index contributed by atoms with van der Waals surface area (Å²) in [6.07, 6.45) is 1.45. The van der Waals surface area contributed by atoms with Crippen LogP contribution >= 0.6 is 22.6 Å². The number of carbonyl (C=O) groups is 1. The predicted octanol–water partition coefficient (Wildman–Crippen LogP) is 4.88. The van der Waals surface area contributed by atoms with Crippen molar-refractivity contribution >= 4 is 39.5 Å². The zero-order chi connectivity index (χ0) is 18.1. The van der Waals surface area contributed by atoms with Crippen molar-refractivity contribution in [2.24, 2.45) is 0 Å². The average Bonchev–Trinajstić information content (AvgIpc) is 3.18. The minimum Gasteiger partial charge on any atom is -0.461 e. The van der Waals surface area contributed by atoms with E-state index in [1.54, 1.807) is 54.6 Å². The minimum absolute atomic E-state index is 0.0815. The first-order chi connectivity index (χ1) is 12.6. The SMILES string of the molecule is O=C(Oc1c(-c2ccco2)oc2ccccc2c1=O)c1ccccc1I. The molecule has 26 heavy (non-hydrogen) atoms. The topological polar surface area (TPSA) is 69.7 Å². The summed E-state index contributed by atoms with van der Waals surface area (Å²) >= 11 is 2.04. The Labute approximate surface area is 161 Å². The van der Waals surface area contributed by atoms with E-state index in [1.807, 2.05) is 28.7 Å². The van der Waals surface area contributed by atoms with Crippen LogP contribution in [0.4, 0.5) is 0 Å². The highest BCUT2D eigenvalue weighted by molar-refractivity contribution is 14.1. The van der Waals surface area contributed by atoms with Crippen LogP contribution in [-0.2, 0) is 0 Å². The summed E-state index contributed by atoms with van der Waals surface area (Å²) in [7, 11) is 0. The largest absolute Gasteiger partial charge is 0.461 e. The lowest BCUT2D eigenvalue weighted by Gasteiger charge is -2.09. The monoisotopic (exact) mass is 458 g/mol.